The SMILES string of the molecule is CCOC(c1ccccc1)c1ncccn1. The molecule has 0 saturated carbocycles. The van der Waals surface area contributed by atoms with Crippen LogP contribution in [-0.2, 0) is 4.74 Å². The van der Waals surface area contributed by atoms with Crippen molar-refractivity contribution in [2.24, 2.45) is 0 Å². The van der Waals surface area contributed by atoms with Gasteiger partial charge >= 0.3 is 0 Å². The first-order chi connectivity index (χ1) is 7.92. The normalized spacial score (nSPS) is 12.3. The van der Waals surface area contributed by atoms with Crippen molar-refractivity contribution < 1.29 is 4.74 Å². The lowest BCUT2D eigenvalue weighted by molar-refractivity contribution is 0.0851. The van der Waals surface area contributed by atoms with Gasteiger partial charge in [-0.1, -0.05) is 30.3 Å². The zero-order chi connectivity index (χ0) is 11.2. The second-order valence-electron chi connectivity index (χ2n) is 3.35. The minimum atomic E-state index is -0.174. The number of benzene rings is 1. The van der Waals surface area contributed by atoms with Crippen LogP contribution in [0, 0.1) is 0 Å². The molecule has 0 N–H and O–H groups in total. The Morgan fingerprint density at radius 2 is 1.75 bits per heavy atom. The van der Waals surface area contributed by atoms with Gasteiger partial charge in [-0.15, -0.1) is 0 Å². The lowest BCUT2D eigenvalue weighted by Gasteiger charge is -2.15. The van der Waals surface area contributed by atoms with Gasteiger partial charge < -0.3 is 4.74 Å². The van der Waals surface area contributed by atoms with Crippen LogP contribution in [0.2, 0.25) is 0 Å². The number of nitrogens with zero attached hydrogens (tertiary/aromatic N) is 2. The molecule has 0 aliphatic heterocycles. The molecule has 0 saturated heterocycles. The van der Waals surface area contributed by atoms with Crippen LogP contribution in [0.1, 0.15) is 24.4 Å². The van der Waals surface area contributed by atoms with Crippen LogP contribution < -0.4 is 0 Å². The molecule has 2 rings (SSSR count). The van der Waals surface area contributed by atoms with Gasteiger partial charge in [-0.2, -0.15) is 0 Å². The number of hydrogen-bond donors (Lipinski definition) is 0. The summed E-state index contributed by atoms with van der Waals surface area (Å²) in [6, 6.07) is 11.8. The second kappa shape index (κ2) is 5.37. The van der Waals surface area contributed by atoms with Crippen molar-refractivity contribution in [1.82, 2.24) is 9.97 Å². The Morgan fingerprint density at radius 3 is 2.38 bits per heavy atom. The van der Waals surface area contributed by atoms with Crippen LogP contribution in [0.5, 0.6) is 0 Å². The van der Waals surface area contributed by atoms with E-state index in [0.29, 0.717) is 12.4 Å². The molecule has 2 aromatic rings. The van der Waals surface area contributed by atoms with Gasteiger partial charge in [0.15, 0.2) is 5.82 Å². The fourth-order valence-electron chi connectivity index (χ4n) is 1.56. The Bertz CT molecular complexity index is 377. The Hall–Kier alpha value is -1.74. The molecule has 82 valence electrons. The van der Waals surface area contributed by atoms with Gasteiger partial charge in [-0.05, 0) is 18.6 Å². The largest absolute Gasteiger partial charge is 0.366 e. The number of aromatic nitrogens is 2. The maximum atomic E-state index is 5.69. The average molecular weight is 214 g/mol. The molecule has 0 aliphatic rings. The molecule has 3 nitrogen and oxygen atoms in total. The summed E-state index contributed by atoms with van der Waals surface area (Å²) in [6.07, 6.45) is 3.29. The van der Waals surface area contributed by atoms with E-state index in [1.165, 1.54) is 0 Å². The van der Waals surface area contributed by atoms with Crippen molar-refractivity contribution in [3.63, 3.8) is 0 Å². The quantitative estimate of drug-likeness (QED) is 0.784. The molecule has 0 bridgehead atoms. The number of rotatable bonds is 4. The van der Waals surface area contributed by atoms with Crippen molar-refractivity contribution in [2.75, 3.05) is 6.61 Å². The van der Waals surface area contributed by atoms with Crippen molar-refractivity contribution in [3.05, 3.63) is 60.2 Å². The Kier molecular flexibility index (Phi) is 3.62. The molecule has 1 aromatic heterocycles. The van der Waals surface area contributed by atoms with Crippen LogP contribution in [0.4, 0.5) is 0 Å². The van der Waals surface area contributed by atoms with E-state index in [0.717, 1.165) is 5.56 Å². The van der Waals surface area contributed by atoms with Crippen molar-refractivity contribution >= 4 is 0 Å². The molecular formula is C13H14N2O. The van der Waals surface area contributed by atoms with Gasteiger partial charge in [0.05, 0.1) is 0 Å². The molecule has 1 atom stereocenters. The molecule has 0 amide bonds. The van der Waals surface area contributed by atoms with Gasteiger partial charge in [0.2, 0.25) is 0 Å². The Labute approximate surface area is 95.1 Å². The molecule has 3 heteroatoms. The molecule has 0 radical (unpaired) electrons. The highest BCUT2D eigenvalue weighted by Crippen LogP contribution is 2.22. The van der Waals surface area contributed by atoms with Gasteiger partial charge in [-0.25, -0.2) is 9.97 Å². The van der Waals surface area contributed by atoms with E-state index in [-0.39, 0.29) is 6.10 Å². The minimum Gasteiger partial charge on any atom is -0.366 e. The van der Waals surface area contributed by atoms with Gasteiger partial charge in [-0.3, -0.25) is 0 Å². The third-order valence-corrected chi connectivity index (χ3v) is 2.26. The highest BCUT2D eigenvalue weighted by Gasteiger charge is 2.15. The maximum Gasteiger partial charge on any atom is 0.161 e. The summed E-state index contributed by atoms with van der Waals surface area (Å²) >= 11 is 0. The van der Waals surface area contributed by atoms with E-state index in [1.807, 2.05) is 37.3 Å². The third kappa shape index (κ3) is 2.44. The first-order valence-corrected chi connectivity index (χ1v) is 5.35. The van der Waals surface area contributed by atoms with Crippen LogP contribution in [0.3, 0.4) is 0 Å². The average Bonchev–Trinajstić information content (AvgIpc) is 2.38. The van der Waals surface area contributed by atoms with Crippen LogP contribution in [0.25, 0.3) is 0 Å². The van der Waals surface area contributed by atoms with Crippen LogP contribution >= 0.6 is 0 Å². The lowest BCUT2D eigenvalue weighted by Crippen LogP contribution is -2.09. The topological polar surface area (TPSA) is 35.0 Å². The zero-order valence-corrected chi connectivity index (χ0v) is 9.21. The fraction of sp³-hybridized carbons (Fsp3) is 0.231. The molecule has 1 heterocycles. The summed E-state index contributed by atoms with van der Waals surface area (Å²) in [5, 5.41) is 0. The monoisotopic (exact) mass is 214 g/mol. The van der Waals surface area contributed by atoms with Crippen molar-refractivity contribution in [3.8, 4) is 0 Å². The summed E-state index contributed by atoms with van der Waals surface area (Å²) in [6.45, 7) is 2.61. The van der Waals surface area contributed by atoms with Crippen LogP contribution in [0.15, 0.2) is 48.8 Å². The molecule has 0 fully saturated rings. The van der Waals surface area contributed by atoms with E-state index in [2.05, 4.69) is 9.97 Å². The minimum absolute atomic E-state index is 0.174. The Morgan fingerprint density at radius 1 is 1.06 bits per heavy atom. The van der Waals surface area contributed by atoms with Gasteiger partial charge in [0.25, 0.3) is 0 Å². The highest BCUT2D eigenvalue weighted by atomic mass is 16.5. The molecule has 16 heavy (non-hydrogen) atoms. The summed E-state index contributed by atoms with van der Waals surface area (Å²) in [5.41, 5.74) is 1.08. The molecule has 1 unspecified atom stereocenters. The molecule has 0 spiro atoms. The summed E-state index contributed by atoms with van der Waals surface area (Å²) in [4.78, 5) is 8.48. The van der Waals surface area contributed by atoms with E-state index < -0.39 is 0 Å². The van der Waals surface area contributed by atoms with E-state index in [4.69, 9.17) is 4.74 Å². The van der Waals surface area contributed by atoms with E-state index >= 15 is 0 Å². The smallest absolute Gasteiger partial charge is 0.161 e. The predicted octanol–water partition coefficient (Wildman–Crippen LogP) is 2.60. The molecule has 0 aliphatic carbocycles. The van der Waals surface area contributed by atoms with E-state index in [9.17, 15) is 0 Å². The molecule has 1 aromatic carbocycles. The lowest BCUT2D eigenvalue weighted by atomic mass is 10.1. The van der Waals surface area contributed by atoms with Crippen molar-refractivity contribution in [1.29, 1.82) is 0 Å². The summed E-state index contributed by atoms with van der Waals surface area (Å²) < 4.78 is 5.69. The first-order valence-electron chi connectivity index (χ1n) is 5.35. The number of hydrogen-bond acceptors (Lipinski definition) is 3. The van der Waals surface area contributed by atoms with Crippen molar-refractivity contribution in [2.45, 2.75) is 13.0 Å². The van der Waals surface area contributed by atoms with Gasteiger partial charge in [0.1, 0.15) is 6.10 Å². The molecular weight excluding hydrogens is 200 g/mol. The van der Waals surface area contributed by atoms with Gasteiger partial charge in [0, 0.05) is 19.0 Å². The van der Waals surface area contributed by atoms with Crippen LogP contribution in [-0.4, -0.2) is 16.6 Å². The standard InChI is InChI=1S/C13H14N2O/c1-2-16-12(11-7-4-3-5-8-11)13-14-9-6-10-15-13/h3-10,12H,2H2,1H3. The number of ether oxygens (including phenoxy) is 1. The maximum absolute atomic E-state index is 5.69. The van der Waals surface area contributed by atoms with E-state index in [1.54, 1.807) is 18.5 Å². The fourth-order valence-corrected chi connectivity index (χ4v) is 1.56. The first kappa shape index (κ1) is 10.8. The third-order valence-electron chi connectivity index (χ3n) is 2.26. The predicted molar refractivity (Wildman–Crippen MR) is 61.9 cm³/mol. The highest BCUT2D eigenvalue weighted by molar-refractivity contribution is 5.22. The summed E-state index contributed by atoms with van der Waals surface area (Å²) in [7, 11) is 0. The zero-order valence-electron chi connectivity index (χ0n) is 9.21. The Balaban J connectivity index is 2.31. The summed E-state index contributed by atoms with van der Waals surface area (Å²) in [5.74, 6) is 0.704. The second-order valence-corrected chi connectivity index (χ2v) is 3.35.